The second-order valence-electron chi connectivity index (χ2n) is 6.33. The topological polar surface area (TPSA) is 21.3 Å². The van der Waals surface area contributed by atoms with Crippen LogP contribution in [0.3, 0.4) is 0 Å². The summed E-state index contributed by atoms with van der Waals surface area (Å²) in [4.78, 5) is 0. The van der Waals surface area contributed by atoms with Gasteiger partial charge in [0, 0.05) is 10.7 Å². The molecule has 1 aliphatic heterocycles. The lowest BCUT2D eigenvalue weighted by Gasteiger charge is -2.28. The fourth-order valence-electron chi connectivity index (χ4n) is 2.76. The molecule has 1 N–H and O–H groups in total. The van der Waals surface area contributed by atoms with Crippen LogP contribution in [0, 0.1) is 6.92 Å². The number of benzene rings is 1. The highest BCUT2D eigenvalue weighted by Crippen LogP contribution is 2.39. The molecule has 1 unspecified atom stereocenters. The summed E-state index contributed by atoms with van der Waals surface area (Å²) in [5.41, 5.74) is 2.08. The molecule has 0 amide bonds. The molecule has 18 heavy (non-hydrogen) atoms. The Morgan fingerprint density at radius 3 is 2.44 bits per heavy atom. The number of anilines is 1. The molecule has 0 aliphatic carbocycles. The average molecular weight is 268 g/mol. The Bertz CT molecular complexity index is 454. The predicted octanol–water partition coefficient (Wildman–Crippen LogP) is 4.41. The molecule has 1 aromatic carbocycles. The van der Waals surface area contributed by atoms with Crippen LogP contribution in [-0.2, 0) is 4.74 Å². The van der Waals surface area contributed by atoms with E-state index in [-0.39, 0.29) is 11.2 Å². The van der Waals surface area contributed by atoms with Crippen LogP contribution < -0.4 is 5.32 Å². The molecular weight excluding hydrogens is 246 g/mol. The number of halogens is 1. The zero-order chi connectivity index (χ0) is 13.6. The van der Waals surface area contributed by atoms with Crippen LogP contribution in [0.2, 0.25) is 5.02 Å². The Kier molecular flexibility index (Phi) is 3.37. The molecule has 0 saturated carbocycles. The Hall–Kier alpha value is -0.730. The zero-order valence-corrected chi connectivity index (χ0v) is 12.6. The first-order chi connectivity index (χ1) is 8.20. The van der Waals surface area contributed by atoms with Crippen molar-refractivity contribution < 1.29 is 4.74 Å². The van der Waals surface area contributed by atoms with E-state index in [1.165, 1.54) is 5.56 Å². The summed E-state index contributed by atoms with van der Waals surface area (Å²) in [6, 6.07) is 6.26. The van der Waals surface area contributed by atoms with Gasteiger partial charge in [-0.25, -0.2) is 0 Å². The maximum Gasteiger partial charge on any atom is 0.0834 e. The Balaban J connectivity index is 2.19. The standard InChI is InChI=1S/C15H22ClNO/c1-10-8-11(16)6-7-12(10)17-13-9-14(2,3)18-15(13,4)5/h6-8,13,17H,9H2,1-5H3. The molecule has 1 atom stereocenters. The average Bonchev–Trinajstić information content (AvgIpc) is 2.39. The van der Waals surface area contributed by atoms with E-state index in [1.54, 1.807) is 0 Å². The molecule has 0 bridgehead atoms. The van der Waals surface area contributed by atoms with Gasteiger partial charge in [0.25, 0.3) is 0 Å². The minimum absolute atomic E-state index is 0.0680. The largest absolute Gasteiger partial charge is 0.379 e. The van der Waals surface area contributed by atoms with Crippen LogP contribution in [-0.4, -0.2) is 17.2 Å². The summed E-state index contributed by atoms with van der Waals surface area (Å²) in [6.07, 6.45) is 1.00. The van der Waals surface area contributed by atoms with Crippen molar-refractivity contribution in [2.45, 2.75) is 58.3 Å². The second-order valence-corrected chi connectivity index (χ2v) is 6.76. The fraction of sp³-hybridized carbons (Fsp3) is 0.600. The van der Waals surface area contributed by atoms with Crippen molar-refractivity contribution in [1.82, 2.24) is 0 Å². The minimum Gasteiger partial charge on any atom is -0.379 e. The van der Waals surface area contributed by atoms with Gasteiger partial charge in [0.2, 0.25) is 0 Å². The van der Waals surface area contributed by atoms with E-state index in [4.69, 9.17) is 16.3 Å². The smallest absolute Gasteiger partial charge is 0.0834 e. The number of hydrogen-bond acceptors (Lipinski definition) is 2. The molecule has 3 heteroatoms. The molecule has 0 aromatic heterocycles. The third kappa shape index (κ3) is 2.81. The number of hydrogen-bond donors (Lipinski definition) is 1. The SMILES string of the molecule is Cc1cc(Cl)ccc1NC1CC(C)(C)OC1(C)C. The van der Waals surface area contributed by atoms with Gasteiger partial charge in [-0.1, -0.05) is 11.6 Å². The molecule has 1 saturated heterocycles. The fourth-order valence-corrected chi connectivity index (χ4v) is 2.99. The van der Waals surface area contributed by atoms with E-state index in [1.807, 2.05) is 18.2 Å². The second kappa shape index (κ2) is 4.43. The zero-order valence-electron chi connectivity index (χ0n) is 11.8. The first-order valence-electron chi connectivity index (χ1n) is 6.42. The van der Waals surface area contributed by atoms with E-state index in [0.717, 1.165) is 17.1 Å². The van der Waals surface area contributed by atoms with Crippen molar-refractivity contribution in [3.8, 4) is 0 Å². The van der Waals surface area contributed by atoms with Gasteiger partial charge in [0.15, 0.2) is 0 Å². The lowest BCUT2D eigenvalue weighted by Crippen LogP contribution is -2.38. The minimum atomic E-state index is -0.157. The maximum absolute atomic E-state index is 6.10. The van der Waals surface area contributed by atoms with Crippen LogP contribution in [0.25, 0.3) is 0 Å². The molecule has 0 radical (unpaired) electrons. The lowest BCUT2D eigenvalue weighted by atomic mass is 9.94. The Labute approximate surface area is 115 Å². The van der Waals surface area contributed by atoms with Gasteiger partial charge in [0.05, 0.1) is 17.2 Å². The van der Waals surface area contributed by atoms with Gasteiger partial charge in [-0.05, 0) is 64.8 Å². The normalized spacial score (nSPS) is 25.1. The van der Waals surface area contributed by atoms with Crippen molar-refractivity contribution >= 4 is 17.3 Å². The number of rotatable bonds is 2. The molecule has 1 heterocycles. The quantitative estimate of drug-likeness (QED) is 0.857. The van der Waals surface area contributed by atoms with Crippen molar-refractivity contribution in [3.63, 3.8) is 0 Å². The van der Waals surface area contributed by atoms with E-state index >= 15 is 0 Å². The van der Waals surface area contributed by atoms with Gasteiger partial charge in [-0.2, -0.15) is 0 Å². The summed E-state index contributed by atoms with van der Waals surface area (Å²) in [5.74, 6) is 0. The highest BCUT2D eigenvalue weighted by molar-refractivity contribution is 6.30. The van der Waals surface area contributed by atoms with E-state index < -0.39 is 0 Å². The molecule has 0 spiro atoms. The van der Waals surface area contributed by atoms with E-state index in [9.17, 15) is 0 Å². The van der Waals surface area contributed by atoms with E-state index in [0.29, 0.717) is 6.04 Å². The molecule has 1 fully saturated rings. The van der Waals surface area contributed by atoms with Crippen molar-refractivity contribution in [3.05, 3.63) is 28.8 Å². The van der Waals surface area contributed by atoms with Gasteiger partial charge in [0.1, 0.15) is 0 Å². The van der Waals surface area contributed by atoms with Crippen LogP contribution in [0.5, 0.6) is 0 Å². The molecule has 1 aromatic rings. The van der Waals surface area contributed by atoms with Crippen LogP contribution in [0.4, 0.5) is 5.69 Å². The Morgan fingerprint density at radius 1 is 1.28 bits per heavy atom. The van der Waals surface area contributed by atoms with Gasteiger partial charge >= 0.3 is 0 Å². The number of ether oxygens (including phenoxy) is 1. The Morgan fingerprint density at radius 2 is 1.94 bits per heavy atom. The van der Waals surface area contributed by atoms with Gasteiger partial charge in [-0.3, -0.25) is 0 Å². The van der Waals surface area contributed by atoms with Crippen molar-refractivity contribution in [1.29, 1.82) is 0 Å². The summed E-state index contributed by atoms with van der Waals surface area (Å²) < 4.78 is 6.10. The van der Waals surface area contributed by atoms with Gasteiger partial charge < -0.3 is 10.1 Å². The maximum atomic E-state index is 6.10. The first-order valence-corrected chi connectivity index (χ1v) is 6.80. The molecule has 2 rings (SSSR count). The first kappa shape index (κ1) is 13.7. The molecular formula is C15H22ClNO. The van der Waals surface area contributed by atoms with Crippen molar-refractivity contribution in [2.75, 3.05) is 5.32 Å². The predicted molar refractivity (Wildman–Crippen MR) is 77.5 cm³/mol. The summed E-state index contributed by atoms with van der Waals surface area (Å²) in [7, 11) is 0. The molecule has 2 nitrogen and oxygen atoms in total. The van der Waals surface area contributed by atoms with Crippen LogP contribution in [0.1, 0.15) is 39.7 Å². The highest BCUT2D eigenvalue weighted by atomic mass is 35.5. The molecule has 100 valence electrons. The van der Waals surface area contributed by atoms with E-state index in [2.05, 4.69) is 39.9 Å². The lowest BCUT2D eigenvalue weighted by molar-refractivity contribution is -0.0662. The number of nitrogens with one attached hydrogen (secondary N) is 1. The number of aryl methyl sites for hydroxylation is 1. The summed E-state index contributed by atoms with van der Waals surface area (Å²) in [5, 5.41) is 4.38. The third-order valence-electron chi connectivity index (χ3n) is 3.59. The monoisotopic (exact) mass is 267 g/mol. The van der Waals surface area contributed by atoms with Crippen LogP contribution >= 0.6 is 11.6 Å². The summed E-state index contributed by atoms with van der Waals surface area (Å²) in [6.45, 7) is 10.6. The molecule has 1 aliphatic rings. The van der Waals surface area contributed by atoms with Crippen molar-refractivity contribution in [2.24, 2.45) is 0 Å². The highest BCUT2D eigenvalue weighted by Gasteiger charge is 2.45. The third-order valence-corrected chi connectivity index (χ3v) is 3.83. The van der Waals surface area contributed by atoms with Gasteiger partial charge in [-0.15, -0.1) is 0 Å². The van der Waals surface area contributed by atoms with Crippen LogP contribution in [0.15, 0.2) is 18.2 Å². The summed E-state index contributed by atoms with van der Waals surface area (Å²) >= 11 is 5.98.